The van der Waals surface area contributed by atoms with Gasteiger partial charge in [0.2, 0.25) is 5.91 Å². The molecule has 3 rings (SSSR count). The lowest BCUT2D eigenvalue weighted by molar-refractivity contribution is -0.122. The van der Waals surface area contributed by atoms with E-state index in [4.69, 9.17) is 0 Å². The maximum absolute atomic E-state index is 13.0. The number of benzene rings is 2. The van der Waals surface area contributed by atoms with Gasteiger partial charge in [-0.3, -0.25) is 4.79 Å². The molecule has 5 nitrogen and oxygen atoms in total. The van der Waals surface area contributed by atoms with Gasteiger partial charge in [0.15, 0.2) is 0 Å². The van der Waals surface area contributed by atoms with Gasteiger partial charge >= 0.3 is 0 Å². The first-order valence-corrected chi connectivity index (χ1v) is 12.3. The average molecular weight is 451 g/mol. The Hall–Kier alpha value is -2.53. The highest BCUT2D eigenvalue weighted by Crippen LogP contribution is 2.35. The Morgan fingerprint density at radius 1 is 1.00 bits per heavy atom. The lowest BCUT2D eigenvalue weighted by Gasteiger charge is -2.33. The van der Waals surface area contributed by atoms with Gasteiger partial charge in [-0.15, -0.1) is 0 Å². The number of carbonyl (C=O) groups excluding carboxylic acids is 1. The van der Waals surface area contributed by atoms with E-state index < -0.39 is 0 Å². The summed E-state index contributed by atoms with van der Waals surface area (Å²) in [7, 11) is 4.18. The summed E-state index contributed by atoms with van der Waals surface area (Å²) in [5.74, 6) is 0.0866. The van der Waals surface area contributed by atoms with Crippen LogP contribution in [0.2, 0.25) is 0 Å². The molecule has 1 atom stereocenters. The second-order valence-corrected chi connectivity index (χ2v) is 9.84. The first kappa shape index (κ1) is 25.1. The Labute approximate surface area is 200 Å². The Balaban J connectivity index is 1.52. The van der Waals surface area contributed by atoms with Gasteiger partial charge in [0.25, 0.3) is 0 Å². The van der Waals surface area contributed by atoms with E-state index in [1.165, 1.54) is 33.5 Å². The van der Waals surface area contributed by atoms with Crippen molar-refractivity contribution in [3.63, 3.8) is 0 Å². The highest BCUT2D eigenvalue weighted by atomic mass is 16.2. The average Bonchev–Trinajstić information content (AvgIpc) is 2.80. The van der Waals surface area contributed by atoms with E-state index in [-0.39, 0.29) is 18.0 Å². The van der Waals surface area contributed by atoms with Crippen LogP contribution >= 0.6 is 0 Å². The number of piperidine rings is 1. The van der Waals surface area contributed by atoms with E-state index in [0.717, 1.165) is 44.6 Å². The number of nitrogens with one attached hydrogen (secondary N) is 2. The molecule has 2 N–H and O–H groups in total. The molecule has 2 aromatic carbocycles. The molecule has 1 heterocycles. The molecule has 180 valence electrons. The summed E-state index contributed by atoms with van der Waals surface area (Å²) in [4.78, 5) is 17.7. The van der Waals surface area contributed by atoms with Crippen LogP contribution in [0.15, 0.2) is 30.3 Å². The Morgan fingerprint density at radius 2 is 1.58 bits per heavy atom. The fraction of sp³-hybridized carbons (Fsp3) is 0.536. The molecule has 1 unspecified atom stereocenters. The first-order valence-electron chi connectivity index (χ1n) is 12.3. The molecule has 0 aliphatic carbocycles. The van der Waals surface area contributed by atoms with Crippen molar-refractivity contribution in [2.24, 2.45) is 0 Å². The van der Waals surface area contributed by atoms with E-state index in [1.54, 1.807) is 0 Å². The standard InChI is InChI=1S/C28H42N4O/c1-19-21(3)27(31(6)7)22(4)20(2)26(19)29-23(5)28(33)30-25-14-17-32(18-15-25)16-13-24-11-9-8-10-12-24/h8-12,23,25,29H,13-18H2,1-7H3,(H,30,33). The number of rotatable bonds is 8. The molecule has 0 saturated carbocycles. The normalized spacial score (nSPS) is 15.8. The fourth-order valence-corrected chi connectivity index (χ4v) is 5.02. The van der Waals surface area contributed by atoms with E-state index in [2.05, 4.69) is 92.6 Å². The summed E-state index contributed by atoms with van der Waals surface area (Å²) in [6.45, 7) is 13.8. The van der Waals surface area contributed by atoms with Crippen molar-refractivity contribution >= 4 is 17.3 Å². The van der Waals surface area contributed by atoms with Gasteiger partial charge in [-0.25, -0.2) is 0 Å². The summed E-state index contributed by atoms with van der Waals surface area (Å²) in [5.41, 5.74) is 8.71. The minimum atomic E-state index is -0.275. The molecule has 0 radical (unpaired) electrons. The number of amides is 1. The van der Waals surface area contributed by atoms with E-state index in [0.29, 0.717) is 0 Å². The van der Waals surface area contributed by atoms with Crippen LogP contribution in [0.5, 0.6) is 0 Å². The molecule has 5 heteroatoms. The van der Waals surface area contributed by atoms with Crippen LogP contribution in [0.25, 0.3) is 0 Å². The molecular formula is C28H42N4O. The van der Waals surface area contributed by atoms with Crippen LogP contribution in [0.1, 0.15) is 47.6 Å². The number of hydrogen-bond donors (Lipinski definition) is 2. The van der Waals surface area contributed by atoms with Crippen molar-refractivity contribution in [1.29, 1.82) is 0 Å². The van der Waals surface area contributed by atoms with Gasteiger partial charge in [0.05, 0.1) is 0 Å². The van der Waals surface area contributed by atoms with Crippen LogP contribution in [0, 0.1) is 27.7 Å². The molecule has 1 amide bonds. The monoisotopic (exact) mass is 450 g/mol. The Bertz CT molecular complexity index is 917. The lowest BCUT2D eigenvalue weighted by atomic mass is 9.95. The van der Waals surface area contributed by atoms with Crippen molar-refractivity contribution in [3.8, 4) is 0 Å². The topological polar surface area (TPSA) is 47.6 Å². The van der Waals surface area contributed by atoms with Gasteiger partial charge in [-0.1, -0.05) is 30.3 Å². The third-order valence-corrected chi connectivity index (χ3v) is 7.28. The molecule has 0 aromatic heterocycles. The number of likely N-dealkylation sites (tertiary alicyclic amines) is 1. The lowest BCUT2D eigenvalue weighted by Crippen LogP contribution is -2.48. The smallest absolute Gasteiger partial charge is 0.242 e. The number of hydrogen-bond acceptors (Lipinski definition) is 4. The summed E-state index contributed by atoms with van der Waals surface area (Å²) >= 11 is 0. The minimum absolute atomic E-state index is 0.0866. The van der Waals surface area contributed by atoms with Crippen LogP contribution in [0.3, 0.4) is 0 Å². The highest BCUT2D eigenvalue weighted by Gasteiger charge is 2.24. The van der Waals surface area contributed by atoms with Gasteiger partial charge in [0, 0.05) is 51.1 Å². The number of anilines is 2. The molecule has 1 saturated heterocycles. The molecule has 0 bridgehead atoms. The second kappa shape index (κ2) is 11.1. The summed E-state index contributed by atoms with van der Waals surface area (Å²) < 4.78 is 0. The SMILES string of the molecule is Cc1c(C)c(N(C)C)c(C)c(C)c1NC(C)C(=O)NC1CCN(CCc2ccccc2)CC1. The van der Waals surface area contributed by atoms with Crippen molar-refractivity contribution in [1.82, 2.24) is 10.2 Å². The third kappa shape index (κ3) is 6.08. The maximum Gasteiger partial charge on any atom is 0.242 e. The van der Waals surface area contributed by atoms with Gasteiger partial charge < -0.3 is 20.4 Å². The fourth-order valence-electron chi connectivity index (χ4n) is 5.02. The predicted molar refractivity (Wildman–Crippen MR) is 141 cm³/mol. The molecule has 33 heavy (non-hydrogen) atoms. The van der Waals surface area contributed by atoms with Crippen LogP contribution in [-0.4, -0.2) is 56.6 Å². The molecular weight excluding hydrogens is 408 g/mol. The molecule has 1 aliphatic heterocycles. The summed E-state index contributed by atoms with van der Waals surface area (Å²) in [6.07, 6.45) is 3.12. The zero-order chi connectivity index (χ0) is 24.1. The Morgan fingerprint density at radius 3 is 2.12 bits per heavy atom. The van der Waals surface area contributed by atoms with Crippen molar-refractivity contribution in [2.45, 2.75) is 66.0 Å². The van der Waals surface area contributed by atoms with Crippen LogP contribution < -0.4 is 15.5 Å². The van der Waals surface area contributed by atoms with Crippen LogP contribution in [0.4, 0.5) is 11.4 Å². The van der Waals surface area contributed by atoms with Gasteiger partial charge in [-0.05, 0) is 81.7 Å². The van der Waals surface area contributed by atoms with Crippen molar-refractivity contribution in [2.75, 3.05) is 43.9 Å². The molecule has 1 aliphatic rings. The van der Waals surface area contributed by atoms with E-state index in [9.17, 15) is 4.79 Å². The number of carbonyl (C=O) groups is 1. The van der Waals surface area contributed by atoms with Crippen molar-refractivity contribution < 1.29 is 4.79 Å². The maximum atomic E-state index is 13.0. The quantitative estimate of drug-likeness (QED) is 0.617. The zero-order valence-corrected chi connectivity index (χ0v) is 21.6. The van der Waals surface area contributed by atoms with Crippen molar-refractivity contribution in [3.05, 3.63) is 58.1 Å². The second-order valence-electron chi connectivity index (χ2n) is 9.84. The largest absolute Gasteiger partial charge is 0.377 e. The molecule has 1 fully saturated rings. The van der Waals surface area contributed by atoms with Crippen LogP contribution in [-0.2, 0) is 11.2 Å². The molecule has 2 aromatic rings. The first-order chi connectivity index (χ1) is 15.7. The zero-order valence-electron chi connectivity index (χ0n) is 21.6. The molecule has 0 spiro atoms. The highest BCUT2D eigenvalue weighted by molar-refractivity contribution is 5.86. The minimum Gasteiger partial charge on any atom is -0.377 e. The van der Waals surface area contributed by atoms with E-state index in [1.807, 2.05) is 6.92 Å². The predicted octanol–water partition coefficient (Wildman–Crippen LogP) is 4.61. The third-order valence-electron chi connectivity index (χ3n) is 7.28. The number of nitrogens with zero attached hydrogens (tertiary/aromatic N) is 2. The summed E-state index contributed by atoms with van der Waals surface area (Å²) in [6, 6.07) is 10.7. The Kier molecular flexibility index (Phi) is 8.41. The van der Waals surface area contributed by atoms with E-state index >= 15 is 0 Å². The summed E-state index contributed by atoms with van der Waals surface area (Å²) in [5, 5.41) is 6.82. The van der Waals surface area contributed by atoms with Gasteiger partial charge in [0.1, 0.15) is 6.04 Å². The van der Waals surface area contributed by atoms with Gasteiger partial charge in [-0.2, -0.15) is 0 Å².